The molecule has 13 heavy (non-hydrogen) atoms. The van der Waals surface area contributed by atoms with Crippen molar-refractivity contribution in [2.45, 2.75) is 0 Å². The van der Waals surface area contributed by atoms with E-state index in [0.29, 0.717) is 11.1 Å². The molecule has 0 saturated carbocycles. The van der Waals surface area contributed by atoms with Crippen LogP contribution in [-0.4, -0.2) is 9.91 Å². The van der Waals surface area contributed by atoms with Crippen molar-refractivity contribution >= 4 is 29.0 Å². The first-order valence-corrected chi connectivity index (χ1v) is 3.85. The summed E-state index contributed by atoms with van der Waals surface area (Å²) in [6.07, 6.45) is 0. The number of nitrogens with zero attached hydrogens (tertiary/aromatic N) is 1. The van der Waals surface area contributed by atoms with E-state index < -0.39 is 4.92 Å². The molecule has 0 fully saturated rings. The summed E-state index contributed by atoms with van der Waals surface area (Å²) in [7, 11) is 0. The summed E-state index contributed by atoms with van der Waals surface area (Å²) >= 11 is 4.71. The Morgan fingerprint density at radius 2 is 2.31 bits per heavy atom. The van der Waals surface area contributed by atoms with E-state index in [0.717, 1.165) is 0 Å². The predicted octanol–water partition coefficient (Wildman–Crippen LogP) is 2.40. The van der Waals surface area contributed by atoms with Crippen LogP contribution in [0.2, 0.25) is 0 Å². The molecule has 0 unspecified atom stereocenters. The number of aromatic amines is 1. The molecule has 1 aromatic heterocycles. The first kappa shape index (κ1) is 7.93. The van der Waals surface area contributed by atoms with Gasteiger partial charge in [-0.05, 0) is 18.3 Å². The van der Waals surface area contributed by atoms with Gasteiger partial charge in [0.25, 0.3) is 10.5 Å². The van der Waals surface area contributed by atoms with Gasteiger partial charge < -0.3 is 9.40 Å². The highest BCUT2D eigenvalue weighted by Crippen LogP contribution is 2.23. The van der Waals surface area contributed by atoms with Gasteiger partial charge in [0.1, 0.15) is 0 Å². The van der Waals surface area contributed by atoms with Crippen LogP contribution in [-0.2, 0) is 0 Å². The number of H-pyrrole nitrogens is 1. The van der Waals surface area contributed by atoms with E-state index in [2.05, 4.69) is 4.98 Å². The van der Waals surface area contributed by atoms with Crippen LogP contribution in [0.25, 0.3) is 11.1 Å². The van der Waals surface area contributed by atoms with Gasteiger partial charge in [0.15, 0.2) is 11.1 Å². The normalized spacial score (nSPS) is 10.5. The molecule has 0 bridgehead atoms. The number of hydrogen-bond donors (Lipinski definition) is 1. The highest BCUT2D eigenvalue weighted by Gasteiger charge is 2.13. The minimum atomic E-state index is -0.483. The lowest BCUT2D eigenvalue weighted by Gasteiger charge is -1.89. The average molecular weight is 196 g/mol. The lowest BCUT2D eigenvalue weighted by molar-refractivity contribution is -0.383. The van der Waals surface area contributed by atoms with Gasteiger partial charge in [-0.1, -0.05) is 6.07 Å². The van der Waals surface area contributed by atoms with Gasteiger partial charge in [-0.3, -0.25) is 10.1 Å². The highest BCUT2D eigenvalue weighted by molar-refractivity contribution is 7.71. The number of hydrogen-bond acceptors (Lipinski definition) is 4. The van der Waals surface area contributed by atoms with Crippen molar-refractivity contribution in [3.8, 4) is 0 Å². The van der Waals surface area contributed by atoms with E-state index in [1.165, 1.54) is 6.07 Å². The van der Waals surface area contributed by atoms with Crippen molar-refractivity contribution < 1.29 is 9.34 Å². The van der Waals surface area contributed by atoms with E-state index in [-0.39, 0.29) is 10.5 Å². The Labute approximate surface area is 77.1 Å². The molecule has 5 nitrogen and oxygen atoms in total. The van der Waals surface area contributed by atoms with Gasteiger partial charge in [-0.15, -0.1) is 0 Å². The predicted molar refractivity (Wildman–Crippen MR) is 48.1 cm³/mol. The molecule has 2 rings (SSSR count). The van der Waals surface area contributed by atoms with Gasteiger partial charge in [0.2, 0.25) is 0 Å². The molecule has 1 N–H and O–H groups in total. The maximum Gasteiger partial charge on any atom is 0.296 e. The third kappa shape index (κ3) is 1.20. The van der Waals surface area contributed by atoms with E-state index in [1.54, 1.807) is 12.1 Å². The lowest BCUT2D eigenvalue weighted by atomic mass is 10.3. The fraction of sp³-hybridized carbons (Fsp3) is 0. The highest BCUT2D eigenvalue weighted by atomic mass is 32.1. The molecule has 0 aliphatic heterocycles. The van der Waals surface area contributed by atoms with E-state index in [4.69, 9.17) is 16.6 Å². The fourth-order valence-electron chi connectivity index (χ4n) is 1.11. The first-order chi connectivity index (χ1) is 6.18. The molecule has 0 aliphatic rings. The summed E-state index contributed by atoms with van der Waals surface area (Å²) in [4.78, 5) is 12.8. The maximum absolute atomic E-state index is 10.5. The number of oxazole rings is 1. The summed E-state index contributed by atoms with van der Waals surface area (Å²) in [5.41, 5.74) is 0.703. The number of nitrogens with one attached hydrogen (secondary N) is 1. The standard InChI is InChI=1S/C7H4N2O3S/c10-9(11)4-2-1-3-5-6(4)8-7(13)12-5/h1-3H,(H,8,13). The molecule has 0 spiro atoms. The number of rotatable bonds is 1. The third-order valence-corrected chi connectivity index (χ3v) is 1.82. The Morgan fingerprint density at radius 3 is 3.00 bits per heavy atom. The smallest absolute Gasteiger partial charge is 0.296 e. The summed E-state index contributed by atoms with van der Waals surface area (Å²) in [6.45, 7) is 0. The number of fused-ring (bicyclic) bond motifs is 1. The van der Waals surface area contributed by atoms with Crippen molar-refractivity contribution in [3.63, 3.8) is 0 Å². The number of nitro groups is 1. The second-order valence-corrected chi connectivity index (χ2v) is 2.79. The molecule has 0 amide bonds. The minimum absolute atomic E-state index is 0.0302. The Kier molecular flexibility index (Phi) is 1.63. The van der Waals surface area contributed by atoms with Crippen molar-refractivity contribution in [2.24, 2.45) is 0 Å². The topological polar surface area (TPSA) is 72.1 Å². The van der Waals surface area contributed by atoms with Crippen LogP contribution in [0.1, 0.15) is 0 Å². The molecule has 1 heterocycles. The molecular weight excluding hydrogens is 192 g/mol. The number of aromatic nitrogens is 1. The minimum Gasteiger partial charge on any atom is -0.429 e. The van der Waals surface area contributed by atoms with Crippen LogP contribution in [0.15, 0.2) is 22.6 Å². The Balaban J connectivity index is 2.90. The SMILES string of the molecule is O=[N+]([O-])c1cccc2oc(=S)[nH]c12. The zero-order valence-electron chi connectivity index (χ0n) is 6.31. The zero-order chi connectivity index (χ0) is 9.42. The van der Waals surface area contributed by atoms with Gasteiger partial charge in [0.05, 0.1) is 4.92 Å². The zero-order valence-corrected chi connectivity index (χ0v) is 7.13. The molecule has 66 valence electrons. The summed E-state index contributed by atoms with van der Waals surface area (Å²) in [5.74, 6) is 0. The van der Waals surface area contributed by atoms with Crippen molar-refractivity contribution in [3.05, 3.63) is 33.2 Å². The summed E-state index contributed by atoms with van der Waals surface area (Å²) in [5, 5.41) is 10.5. The molecule has 0 saturated heterocycles. The van der Waals surface area contributed by atoms with Crippen LogP contribution in [0, 0.1) is 15.0 Å². The van der Waals surface area contributed by atoms with Crippen LogP contribution in [0.4, 0.5) is 5.69 Å². The van der Waals surface area contributed by atoms with Gasteiger partial charge >= 0.3 is 0 Å². The fourth-order valence-corrected chi connectivity index (χ4v) is 1.30. The first-order valence-electron chi connectivity index (χ1n) is 3.45. The van der Waals surface area contributed by atoms with Gasteiger partial charge in [-0.25, -0.2) is 0 Å². The van der Waals surface area contributed by atoms with Crippen LogP contribution >= 0.6 is 12.2 Å². The lowest BCUT2D eigenvalue weighted by Crippen LogP contribution is -1.88. The quantitative estimate of drug-likeness (QED) is 0.431. The second kappa shape index (κ2) is 2.67. The van der Waals surface area contributed by atoms with Crippen LogP contribution < -0.4 is 0 Å². The van der Waals surface area contributed by atoms with E-state index in [9.17, 15) is 10.1 Å². The van der Waals surface area contributed by atoms with Crippen molar-refractivity contribution in [1.29, 1.82) is 0 Å². The second-order valence-electron chi connectivity index (χ2n) is 2.42. The largest absolute Gasteiger partial charge is 0.429 e. The summed E-state index contributed by atoms with van der Waals surface area (Å²) in [6, 6.07) is 4.56. The Hall–Kier alpha value is -1.69. The van der Waals surface area contributed by atoms with Crippen LogP contribution in [0.3, 0.4) is 0 Å². The molecule has 1 aromatic carbocycles. The monoisotopic (exact) mass is 196 g/mol. The van der Waals surface area contributed by atoms with E-state index in [1.807, 2.05) is 0 Å². The van der Waals surface area contributed by atoms with Crippen LogP contribution in [0.5, 0.6) is 0 Å². The number of benzene rings is 1. The Morgan fingerprint density at radius 1 is 1.54 bits per heavy atom. The van der Waals surface area contributed by atoms with Crippen molar-refractivity contribution in [1.82, 2.24) is 4.98 Å². The number of nitro benzene ring substituents is 1. The maximum atomic E-state index is 10.5. The van der Waals surface area contributed by atoms with Gasteiger partial charge in [0, 0.05) is 6.07 Å². The molecule has 0 atom stereocenters. The molecule has 2 aromatic rings. The molecule has 0 radical (unpaired) electrons. The number of para-hydroxylation sites is 1. The Bertz CT molecular complexity index is 528. The van der Waals surface area contributed by atoms with E-state index >= 15 is 0 Å². The molecule has 0 aliphatic carbocycles. The average Bonchev–Trinajstić information content (AvgIpc) is 2.43. The summed E-state index contributed by atoms with van der Waals surface area (Å²) < 4.78 is 5.01. The molecular formula is C7H4N2O3S. The number of non-ortho nitro benzene ring substituents is 1. The van der Waals surface area contributed by atoms with Crippen molar-refractivity contribution in [2.75, 3.05) is 0 Å². The van der Waals surface area contributed by atoms with Gasteiger partial charge in [-0.2, -0.15) is 0 Å². The third-order valence-electron chi connectivity index (χ3n) is 1.63. The molecule has 6 heteroatoms.